The Kier molecular flexibility index (Phi) is 7.04. The van der Waals surface area contributed by atoms with Gasteiger partial charge in [-0.25, -0.2) is 9.18 Å². The van der Waals surface area contributed by atoms with Crippen LogP contribution in [0.2, 0.25) is 0 Å². The van der Waals surface area contributed by atoms with Gasteiger partial charge in [0.15, 0.2) is 6.61 Å². The Hall–Kier alpha value is -3.94. The SMILES string of the molecule is Cc1cc(C(=O)OCC(=O)N(CCC(N)=O)c2ccccc2)c(C)n1-c1ccc(F)cc1. The van der Waals surface area contributed by atoms with E-state index in [9.17, 15) is 18.8 Å². The van der Waals surface area contributed by atoms with Gasteiger partial charge in [-0.2, -0.15) is 0 Å². The zero-order valence-corrected chi connectivity index (χ0v) is 17.9. The molecule has 0 spiro atoms. The number of halogens is 1. The van der Waals surface area contributed by atoms with E-state index in [0.717, 1.165) is 5.69 Å². The van der Waals surface area contributed by atoms with Gasteiger partial charge in [-0.05, 0) is 56.3 Å². The Morgan fingerprint density at radius 3 is 2.31 bits per heavy atom. The number of aryl methyl sites for hydroxylation is 1. The normalized spacial score (nSPS) is 10.6. The molecule has 0 aliphatic carbocycles. The van der Waals surface area contributed by atoms with Gasteiger partial charge in [0.25, 0.3) is 5.91 Å². The zero-order valence-electron chi connectivity index (χ0n) is 17.9. The number of esters is 1. The van der Waals surface area contributed by atoms with Crippen molar-refractivity contribution in [2.45, 2.75) is 20.3 Å². The van der Waals surface area contributed by atoms with Gasteiger partial charge in [0, 0.05) is 35.7 Å². The van der Waals surface area contributed by atoms with E-state index in [4.69, 9.17) is 10.5 Å². The predicted octanol–water partition coefficient (Wildman–Crippen LogP) is 3.30. The van der Waals surface area contributed by atoms with Gasteiger partial charge >= 0.3 is 5.97 Å². The third kappa shape index (κ3) is 5.21. The van der Waals surface area contributed by atoms with Crippen LogP contribution in [-0.2, 0) is 14.3 Å². The molecule has 2 aromatic carbocycles. The molecule has 1 aromatic heterocycles. The molecule has 0 radical (unpaired) electrons. The van der Waals surface area contributed by atoms with E-state index in [0.29, 0.717) is 22.6 Å². The van der Waals surface area contributed by atoms with Crippen LogP contribution in [0.4, 0.5) is 10.1 Å². The molecule has 0 aliphatic rings. The second-order valence-corrected chi connectivity index (χ2v) is 7.27. The summed E-state index contributed by atoms with van der Waals surface area (Å²) in [5.41, 5.74) is 8.18. The molecule has 0 saturated carbocycles. The molecule has 0 bridgehead atoms. The molecule has 32 heavy (non-hydrogen) atoms. The number of carbonyl (C=O) groups is 3. The summed E-state index contributed by atoms with van der Waals surface area (Å²) >= 11 is 0. The van der Waals surface area contributed by atoms with Crippen molar-refractivity contribution in [2.75, 3.05) is 18.1 Å². The van der Waals surface area contributed by atoms with Gasteiger partial charge in [-0.1, -0.05) is 18.2 Å². The number of para-hydroxylation sites is 1. The average molecular weight is 437 g/mol. The van der Waals surface area contributed by atoms with E-state index in [-0.39, 0.29) is 18.8 Å². The van der Waals surface area contributed by atoms with E-state index >= 15 is 0 Å². The van der Waals surface area contributed by atoms with E-state index in [2.05, 4.69) is 0 Å². The van der Waals surface area contributed by atoms with Crippen molar-refractivity contribution in [3.63, 3.8) is 0 Å². The summed E-state index contributed by atoms with van der Waals surface area (Å²) in [6, 6.07) is 16.3. The molecule has 2 N–H and O–H groups in total. The summed E-state index contributed by atoms with van der Waals surface area (Å²) in [6.07, 6.45) is -0.0204. The highest BCUT2D eigenvalue weighted by Crippen LogP contribution is 2.22. The zero-order chi connectivity index (χ0) is 23.3. The largest absolute Gasteiger partial charge is 0.452 e. The number of anilines is 1. The van der Waals surface area contributed by atoms with Crippen molar-refractivity contribution in [2.24, 2.45) is 5.73 Å². The predicted molar refractivity (Wildman–Crippen MR) is 118 cm³/mol. The molecule has 0 fully saturated rings. The fraction of sp³-hybridized carbons (Fsp3) is 0.208. The molecule has 2 amide bonds. The molecule has 3 rings (SSSR count). The second kappa shape index (κ2) is 9.91. The molecule has 0 aliphatic heterocycles. The van der Waals surface area contributed by atoms with Gasteiger partial charge in [-0.15, -0.1) is 0 Å². The number of benzene rings is 2. The van der Waals surface area contributed by atoms with Crippen molar-refractivity contribution in [3.8, 4) is 5.69 Å². The third-order valence-corrected chi connectivity index (χ3v) is 5.01. The number of amides is 2. The van der Waals surface area contributed by atoms with Crippen LogP contribution in [0.15, 0.2) is 60.7 Å². The number of hydrogen-bond donors (Lipinski definition) is 1. The number of hydrogen-bond acceptors (Lipinski definition) is 4. The number of ether oxygens (including phenoxy) is 1. The average Bonchev–Trinajstić information content (AvgIpc) is 3.07. The molecular weight excluding hydrogens is 413 g/mol. The first-order valence-corrected chi connectivity index (χ1v) is 10.0. The van der Waals surface area contributed by atoms with Crippen molar-refractivity contribution in [1.82, 2.24) is 4.57 Å². The number of aromatic nitrogens is 1. The lowest BCUT2D eigenvalue weighted by Crippen LogP contribution is -2.37. The second-order valence-electron chi connectivity index (χ2n) is 7.27. The van der Waals surface area contributed by atoms with Crippen LogP contribution in [0.1, 0.15) is 28.2 Å². The number of carbonyl (C=O) groups excluding carboxylic acids is 3. The Balaban J connectivity index is 1.74. The summed E-state index contributed by atoms with van der Waals surface area (Å²) in [5, 5.41) is 0. The van der Waals surface area contributed by atoms with Crippen molar-refractivity contribution in [3.05, 3.63) is 83.4 Å². The highest BCUT2D eigenvalue weighted by atomic mass is 19.1. The van der Waals surface area contributed by atoms with Gasteiger partial charge in [-0.3, -0.25) is 9.59 Å². The number of nitrogens with zero attached hydrogens (tertiary/aromatic N) is 2. The van der Waals surface area contributed by atoms with Crippen molar-refractivity contribution < 1.29 is 23.5 Å². The Morgan fingerprint density at radius 1 is 1.03 bits per heavy atom. The molecule has 1 heterocycles. The smallest absolute Gasteiger partial charge is 0.340 e. The minimum Gasteiger partial charge on any atom is -0.452 e. The standard InChI is InChI=1S/C24H24FN3O4/c1-16-14-21(17(2)28(16)20-10-8-18(25)9-11-20)24(31)32-15-23(30)27(13-12-22(26)29)19-6-4-3-5-7-19/h3-11,14H,12-13,15H2,1-2H3,(H2,26,29). The summed E-state index contributed by atoms with van der Waals surface area (Å²) < 4.78 is 20.3. The van der Waals surface area contributed by atoms with Crippen LogP contribution in [0.3, 0.4) is 0 Å². The maximum atomic E-state index is 13.3. The van der Waals surface area contributed by atoms with Gasteiger partial charge < -0.3 is 19.9 Å². The Labute approximate surface area is 185 Å². The molecule has 7 nitrogen and oxygen atoms in total. The summed E-state index contributed by atoms with van der Waals surface area (Å²) in [4.78, 5) is 38.0. The van der Waals surface area contributed by atoms with Crippen LogP contribution in [0.25, 0.3) is 5.69 Å². The van der Waals surface area contributed by atoms with E-state index in [1.165, 1.54) is 17.0 Å². The Morgan fingerprint density at radius 2 is 1.69 bits per heavy atom. The quantitative estimate of drug-likeness (QED) is 0.547. The maximum Gasteiger partial charge on any atom is 0.340 e. The lowest BCUT2D eigenvalue weighted by molar-refractivity contribution is -0.121. The first-order chi connectivity index (χ1) is 15.3. The molecule has 0 saturated heterocycles. The van der Waals surface area contributed by atoms with Crippen LogP contribution < -0.4 is 10.6 Å². The molecule has 0 atom stereocenters. The fourth-order valence-corrected chi connectivity index (χ4v) is 3.47. The molecule has 166 valence electrons. The summed E-state index contributed by atoms with van der Waals surface area (Å²) in [6.45, 7) is 3.15. The van der Waals surface area contributed by atoms with Gasteiger partial charge in [0.2, 0.25) is 5.91 Å². The molecule has 0 unspecified atom stereocenters. The van der Waals surface area contributed by atoms with Crippen molar-refractivity contribution in [1.29, 1.82) is 0 Å². The van der Waals surface area contributed by atoms with Gasteiger partial charge in [0.05, 0.1) is 5.56 Å². The summed E-state index contributed by atoms with van der Waals surface area (Å²) in [5.74, 6) is -2.02. The number of primary amides is 1. The minimum absolute atomic E-state index is 0.0204. The fourth-order valence-electron chi connectivity index (χ4n) is 3.47. The first-order valence-electron chi connectivity index (χ1n) is 10.0. The van der Waals surface area contributed by atoms with E-state index in [1.54, 1.807) is 60.0 Å². The van der Waals surface area contributed by atoms with Crippen LogP contribution >= 0.6 is 0 Å². The topological polar surface area (TPSA) is 94.6 Å². The Bertz CT molecular complexity index is 1120. The van der Waals surface area contributed by atoms with Crippen LogP contribution in [0.5, 0.6) is 0 Å². The minimum atomic E-state index is -0.650. The lowest BCUT2D eigenvalue weighted by Gasteiger charge is -2.22. The monoisotopic (exact) mass is 437 g/mol. The maximum absolute atomic E-state index is 13.3. The molecule has 8 heteroatoms. The first kappa shape index (κ1) is 22.7. The molecule has 3 aromatic rings. The van der Waals surface area contributed by atoms with E-state index in [1.807, 2.05) is 6.92 Å². The number of rotatable bonds is 8. The summed E-state index contributed by atoms with van der Waals surface area (Å²) in [7, 11) is 0. The van der Waals surface area contributed by atoms with Gasteiger partial charge in [0.1, 0.15) is 5.82 Å². The number of nitrogens with two attached hydrogens (primary N) is 1. The highest BCUT2D eigenvalue weighted by Gasteiger charge is 2.22. The highest BCUT2D eigenvalue weighted by molar-refractivity contribution is 5.98. The third-order valence-electron chi connectivity index (χ3n) is 5.01. The molecular formula is C24H24FN3O4. The lowest BCUT2D eigenvalue weighted by atomic mass is 10.2. The van der Waals surface area contributed by atoms with E-state index < -0.39 is 24.4 Å². The van der Waals surface area contributed by atoms with Crippen LogP contribution in [0, 0.1) is 19.7 Å². The van der Waals surface area contributed by atoms with Crippen molar-refractivity contribution >= 4 is 23.5 Å². The van der Waals surface area contributed by atoms with Crippen LogP contribution in [-0.4, -0.2) is 35.5 Å².